The highest BCUT2D eigenvalue weighted by atomic mass is 32.2. The molecule has 0 aromatic heterocycles. The van der Waals surface area contributed by atoms with Crippen LogP contribution in [0.15, 0.2) is 53.4 Å². The minimum atomic E-state index is -4.53. The van der Waals surface area contributed by atoms with Crippen LogP contribution in [0.4, 0.5) is 18.9 Å². The first-order valence-corrected chi connectivity index (χ1v) is 9.85. The average molecular weight is 414 g/mol. The molecule has 9 heteroatoms. The molecule has 0 bridgehead atoms. The van der Waals surface area contributed by atoms with Gasteiger partial charge in [0.1, 0.15) is 6.54 Å². The molecule has 0 aliphatic carbocycles. The number of anilines is 1. The molecule has 0 saturated carbocycles. The van der Waals surface area contributed by atoms with Crippen molar-refractivity contribution in [3.05, 3.63) is 59.7 Å². The van der Waals surface area contributed by atoms with Gasteiger partial charge in [-0.05, 0) is 41.3 Å². The summed E-state index contributed by atoms with van der Waals surface area (Å²) in [7, 11) is -3.92. The first kappa shape index (κ1) is 21.7. The number of halogens is 3. The summed E-state index contributed by atoms with van der Waals surface area (Å²) in [5.41, 5.74) is 0.815. The van der Waals surface area contributed by atoms with Crippen LogP contribution in [0.25, 0.3) is 0 Å². The molecule has 0 aliphatic rings. The minimum Gasteiger partial charge on any atom is -0.343 e. The van der Waals surface area contributed by atoms with Crippen LogP contribution in [0.5, 0.6) is 0 Å². The Bertz CT molecular complexity index is 948. The number of carbonyl (C=O) groups is 1. The summed E-state index contributed by atoms with van der Waals surface area (Å²) in [6, 6.07) is 11.6. The van der Waals surface area contributed by atoms with Gasteiger partial charge >= 0.3 is 6.18 Å². The first-order chi connectivity index (χ1) is 12.8. The van der Waals surface area contributed by atoms with E-state index in [9.17, 15) is 26.4 Å². The Balaban J connectivity index is 2.17. The van der Waals surface area contributed by atoms with Crippen molar-refractivity contribution < 1.29 is 26.4 Å². The van der Waals surface area contributed by atoms with Crippen LogP contribution in [0.1, 0.15) is 36.7 Å². The van der Waals surface area contributed by atoms with E-state index in [2.05, 4.69) is 4.72 Å². The fraction of sp³-hybridized carbons (Fsp3) is 0.316. The molecule has 0 saturated heterocycles. The molecule has 0 spiro atoms. The average Bonchev–Trinajstić information content (AvgIpc) is 2.58. The molecule has 0 atom stereocenters. The normalized spacial score (nSPS) is 12.5. The number of carbonyl (C=O) groups excluding carboxylic acids is 1. The molecule has 0 unspecified atom stereocenters. The van der Waals surface area contributed by atoms with Crippen molar-refractivity contribution in [3.8, 4) is 0 Å². The second-order valence-electron chi connectivity index (χ2n) is 7.26. The van der Waals surface area contributed by atoms with Crippen LogP contribution in [-0.4, -0.2) is 27.0 Å². The van der Waals surface area contributed by atoms with Gasteiger partial charge in [-0.25, -0.2) is 8.42 Å². The molecule has 0 heterocycles. The van der Waals surface area contributed by atoms with Crippen molar-refractivity contribution in [1.82, 2.24) is 5.32 Å². The van der Waals surface area contributed by atoms with Gasteiger partial charge in [0.05, 0.1) is 4.90 Å². The SMILES string of the molecule is CC(C)(C)c1ccc(S(=O)(=O)Nc2cccc(C(=O)NCC(F)(F)F)c2)cc1. The maximum absolute atomic E-state index is 12.5. The van der Waals surface area contributed by atoms with Gasteiger partial charge in [-0.1, -0.05) is 39.0 Å². The van der Waals surface area contributed by atoms with E-state index in [0.29, 0.717) is 0 Å². The second-order valence-corrected chi connectivity index (χ2v) is 8.94. The van der Waals surface area contributed by atoms with Gasteiger partial charge < -0.3 is 5.32 Å². The number of amides is 1. The predicted octanol–water partition coefficient (Wildman–Crippen LogP) is 4.08. The van der Waals surface area contributed by atoms with E-state index in [1.54, 1.807) is 17.4 Å². The van der Waals surface area contributed by atoms with Crippen LogP contribution in [-0.2, 0) is 15.4 Å². The Morgan fingerprint density at radius 1 is 1.00 bits per heavy atom. The van der Waals surface area contributed by atoms with Gasteiger partial charge in [0.25, 0.3) is 15.9 Å². The first-order valence-electron chi connectivity index (χ1n) is 8.36. The van der Waals surface area contributed by atoms with E-state index < -0.39 is 28.7 Å². The van der Waals surface area contributed by atoms with Crippen molar-refractivity contribution in [1.29, 1.82) is 0 Å². The summed E-state index contributed by atoms with van der Waals surface area (Å²) in [5, 5.41) is 1.74. The lowest BCUT2D eigenvalue weighted by molar-refractivity contribution is -0.123. The monoisotopic (exact) mass is 414 g/mol. The maximum atomic E-state index is 12.5. The third-order valence-corrected chi connectivity index (χ3v) is 5.25. The Morgan fingerprint density at radius 2 is 1.61 bits per heavy atom. The van der Waals surface area contributed by atoms with E-state index in [0.717, 1.165) is 5.56 Å². The smallest absolute Gasteiger partial charge is 0.343 e. The largest absolute Gasteiger partial charge is 0.405 e. The molecule has 28 heavy (non-hydrogen) atoms. The Labute approximate surface area is 162 Å². The van der Waals surface area contributed by atoms with E-state index in [-0.39, 0.29) is 21.6 Å². The van der Waals surface area contributed by atoms with Gasteiger partial charge in [0, 0.05) is 11.3 Å². The zero-order chi connectivity index (χ0) is 21.2. The standard InChI is InChI=1S/C19H21F3N2O3S/c1-18(2,3)14-7-9-16(10-8-14)28(26,27)24-15-6-4-5-13(11-15)17(25)23-12-19(20,21)22/h4-11,24H,12H2,1-3H3,(H,23,25). The van der Waals surface area contributed by atoms with Crippen LogP contribution in [0, 0.1) is 0 Å². The van der Waals surface area contributed by atoms with Crippen LogP contribution < -0.4 is 10.0 Å². The molecular formula is C19H21F3N2O3S. The zero-order valence-corrected chi connectivity index (χ0v) is 16.4. The van der Waals surface area contributed by atoms with Crippen LogP contribution in [0.3, 0.4) is 0 Å². The molecule has 152 valence electrons. The predicted molar refractivity (Wildman–Crippen MR) is 101 cm³/mol. The number of nitrogens with one attached hydrogen (secondary N) is 2. The Morgan fingerprint density at radius 3 is 2.14 bits per heavy atom. The van der Waals surface area contributed by atoms with E-state index in [1.165, 1.54) is 36.4 Å². The lowest BCUT2D eigenvalue weighted by atomic mass is 9.87. The van der Waals surface area contributed by atoms with Gasteiger partial charge in [0.2, 0.25) is 0 Å². The quantitative estimate of drug-likeness (QED) is 0.774. The fourth-order valence-electron chi connectivity index (χ4n) is 2.35. The maximum Gasteiger partial charge on any atom is 0.405 e. The third-order valence-electron chi connectivity index (χ3n) is 3.86. The lowest BCUT2D eigenvalue weighted by Crippen LogP contribution is -2.33. The highest BCUT2D eigenvalue weighted by Gasteiger charge is 2.28. The van der Waals surface area contributed by atoms with E-state index in [4.69, 9.17) is 0 Å². The van der Waals surface area contributed by atoms with Gasteiger partial charge in [-0.15, -0.1) is 0 Å². The third kappa shape index (κ3) is 5.98. The summed E-state index contributed by atoms with van der Waals surface area (Å²) >= 11 is 0. The van der Waals surface area contributed by atoms with Gasteiger partial charge in [0.15, 0.2) is 0 Å². The fourth-order valence-corrected chi connectivity index (χ4v) is 3.40. The number of sulfonamides is 1. The summed E-state index contributed by atoms with van der Waals surface area (Å²) < 4.78 is 64.1. The van der Waals surface area contributed by atoms with Crippen molar-refractivity contribution >= 4 is 21.6 Å². The van der Waals surface area contributed by atoms with Gasteiger partial charge in [-0.3, -0.25) is 9.52 Å². The minimum absolute atomic E-state index is 0.0347. The Kier molecular flexibility index (Phi) is 6.08. The zero-order valence-electron chi connectivity index (χ0n) is 15.6. The molecule has 0 fully saturated rings. The number of hydrogen-bond donors (Lipinski definition) is 2. The lowest BCUT2D eigenvalue weighted by Gasteiger charge is -2.19. The highest BCUT2D eigenvalue weighted by molar-refractivity contribution is 7.92. The molecular weight excluding hydrogens is 393 g/mol. The van der Waals surface area contributed by atoms with Crippen molar-refractivity contribution in [2.45, 2.75) is 37.3 Å². The van der Waals surface area contributed by atoms with Crippen molar-refractivity contribution in [2.24, 2.45) is 0 Å². The van der Waals surface area contributed by atoms with Crippen molar-refractivity contribution in [2.75, 3.05) is 11.3 Å². The molecule has 0 radical (unpaired) electrons. The molecule has 5 nitrogen and oxygen atoms in total. The number of hydrogen-bond acceptors (Lipinski definition) is 3. The van der Waals surface area contributed by atoms with E-state index in [1.807, 2.05) is 20.8 Å². The number of alkyl halides is 3. The number of benzene rings is 2. The van der Waals surface area contributed by atoms with Crippen molar-refractivity contribution in [3.63, 3.8) is 0 Å². The highest BCUT2D eigenvalue weighted by Crippen LogP contribution is 2.24. The van der Waals surface area contributed by atoms with Crippen LogP contribution >= 0.6 is 0 Å². The second kappa shape index (κ2) is 7.83. The van der Waals surface area contributed by atoms with E-state index >= 15 is 0 Å². The van der Waals surface area contributed by atoms with Crippen LogP contribution in [0.2, 0.25) is 0 Å². The summed E-state index contributed by atoms with van der Waals surface area (Å²) in [6.45, 7) is 4.54. The summed E-state index contributed by atoms with van der Waals surface area (Å²) in [5.74, 6) is -0.951. The molecule has 1 amide bonds. The summed E-state index contributed by atoms with van der Waals surface area (Å²) in [4.78, 5) is 11.9. The summed E-state index contributed by atoms with van der Waals surface area (Å²) in [6.07, 6.45) is -4.53. The Hall–Kier alpha value is -2.55. The molecule has 2 rings (SSSR count). The topological polar surface area (TPSA) is 75.3 Å². The molecule has 0 aliphatic heterocycles. The number of rotatable bonds is 5. The molecule has 2 aromatic carbocycles. The molecule has 2 N–H and O–H groups in total. The van der Waals surface area contributed by atoms with Gasteiger partial charge in [-0.2, -0.15) is 13.2 Å². The molecule has 2 aromatic rings.